The third kappa shape index (κ3) is 3.52. The van der Waals surface area contributed by atoms with Gasteiger partial charge in [0.25, 0.3) is 0 Å². The van der Waals surface area contributed by atoms with E-state index in [1.165, 1.54) is 5.75 Å². The molecule has 21 heavy (non-hydrogen) atoms. The van der Waals surface area contributed by atoms with Gasteiger partial charge in [-0.25, -0.2) is 0 Å². The number of rotatable bonds is 4. The summed E-state index contributed by atoms with van der Waals surface area (Å²) in [6, 6.07) is -0.329. The Morgan fingerprint density at radius 3 is 2.62 bits per heavy atom. The molecule has 0 radical (unpaired) electrons. The van der Waals surface area contributed by atoms with E-state index in [-0.39, 0.29) is 23.8 Å². The van der Waals surface area contributed by atoms with Gasteiger partial charge < -0.3 is 10.2 Å². The molecule has 0 aliphatic carbocycles. The van der Waals surface area contributed by atoms with Gasteiger partial charge in [-0.15, -0.1) is 0 Å². The molecule has 3 atom stereocenters. The molecule has 2 amide bonds. The van der Waals surface area contributed by atoms with Crippen LogP contribution in [0.2, 0.25) is 0 Å². The van der Waals surface area contributed by atoms with Crippen molar-refractivity contribution in [1.82, 2.24) is 10.2 Å². The second-order valence-corrected chi connectivity index (χ2v) is 8.95. The topological polar surface area (TPSA) is 49.4 Å². The van der Waals surface area contributed by atoms with E-state index in [0.29, 0.717) is 18.2 Å². The highest BCUT2D eigenvalue weighted by Gasteiger charge is 2.48. The lowest BCUT2D eigenvalue weighted by atomic mass is 9.88. The van der Waals surface area contributed by atoms with E-state index in [4.69, 9.17) is 0 Å². The van der Waals surface area contributed by atoms with E-state index in [1.807, 2.05) is 56.1 Å². The van der Waals surface area contributed by atoms with Gasteiger partial charge in [0.15, 0.2) is 0 Å². The number of carbonyl (C=O) groups is 2. The zero-order chi connectivity index (χ0) is 15.6. The first-order valence-corrected chi connectivity index (χ1v) is 9.92. The number of thioether (sulfide) groups is 2. The Balaban J connectivity index is 2.21. The molecule has 4 nitrogen and oxygen atoms in total. The Bertz CT molecular complexity index is 410. The highest BCUT2D eigenvalue weighted by molar-refractivity contribution is 8.06. The van der Waals surface area contributed by atoms with Crippen molar-refractivity contribution in [3.05, 3.63) is 0 Å². The molecule has 3 unspecified atom stereocenters. The van der Waals surface area contributed by atoms with Gasteiger partial charge in [-0.1, -0.05) is 20.8 Å². The first kappa shape index (κ1) is 17.0. The Hall–Kier alpha value is -0.360. The fraction of sp³-hybridized carbons (Fsp3) is 0.867. The van der Waals surface area contributed by atoms with E-state index in [1.54, 1.807) is 0 Å². The second-order valence-electron chi connectivity index (χ2n) is 6.39. The van der Waals surface area contributed by atoms with E-state index in [9.17, 15) is 9.59 Å². The minimum absolute atomic E-state index is 0.00223. The molecule has 120 valence electrons. The van der Waals surface area contributed by atoms with Crippen molar-refractivity contribution in [3.8, 4) is 0 Å². The molecule has 2 fully saturated rings. The van der Waals surface area contributed by atoms with Gasteiger partial charge in [-0.05, 0) is 19.3 Å². The first-order chi connectivity index (χ1) is 9.89. The highest BCUT2D eigenvalue weighted by Crippen LogP contribution is 2.30. The van der Waals surface area contributed by atoms with Crippen molar-refractivity contribution < 1.29 is 9.59 Å². The van der Waals surface area contributed by atoms with E-state index < -0.39 is 5.54 Å². The van der Waals surface area contributed by atoms with Crippen LogP contribution in [-0.2, 0) is 9.59 Å². The lowest BCUT2D eigenvalue weighted by Gasteiger charge is -2.46. The van der Waals surface area contributed by atoms with Crippen LogP contribution in [0.5, 0.6) is 0 Å². The summed E-state index contributed by atoms with van der Waals surface area (Å²) in [5.41, 5.74) is -0.741. The van der Waals surface area contributed by atoms with Crippen LogP contribution in [0.3, 0.4) is 0 Å². The van der Waals surface area contributed by atoms with Crippen LogP contribution < -0.4 is 5.32 Å². The predicted molar refractivity (Wildman–Crippen MR) is 90.7 cm³/mol. The average Bonchev–Trinajstić information content (AvgIpc) is 2.45. The van der Waals surface area contributed by atoms with Gasteiger partial charge in [0.2, 0.25) is 11.8 Å². The summed E-state index contributed by atoms with van der Waals surface area (Å²) in [4.78, 5) is 27.3. The third-order valence-electron chi connectivity index (χ3n) is 4.36. The van der Waals surface area contributed by atoms with E-state index >= 15 is 0 Å². The van der Waals surface area contributed by atoms with Crippen molar-refractivity contribution in [2.24, 2.45) is 5.92 Å². The number of hydrogen-bond acceptors (Lipinski definition) is 4. The Kier molecular flexibility index (Phi) is 5.52. The largest absolute Gasteiger partial charge is 0.340 e. The van der Waals surface area contributed by atoms with Gasteiger partial charge in [0, 0.05) is 29.1 Å². The molecule has 0 aromatic carbocycles. The third-order valence-corrected chi connectivity index (χ3v) is 7.19. The minimum Gasteiger partial charge on any atom is -0.340 e. The molecule has 0 aromatic rings. The average molecular weight is 331 g/mol. The number of amides is 2. The molecule has 2 saturated heterocycles. The summed E-state index contributed by atoms with van der Waals surface area (Å²) in [5.74, 6) is 3.62. The standard InChI is InChI=1S/C15H26N2O2S2/c1-5-15(4)14(19)17(8-11-9-20-6-7-21-11)12(10(2)3)13(18)16-15/h10-12H,5-9H2,1-4H3,(H,16,18). The molecule has 0 bridgehead atoms. The molecule has 0 spiro atoms. The number of nitrogens with zero attached hydrogens (tertiary/aromatic N) is 1. The van der Waals surface area contributed by atoms with Crippen LogP contribution in [0.4, 0.5) is 0 Å². The number of nitrogens with one attached hydrogen (secondary N) is 1. The van der Waals surface area contributed by atoms with Crippen molar-refractivity contribution in [1.29, 1.82) is 0 Å². The molecule has 1 N–H and O–H groups in total. The van der Waals surface area contributed by atoms with Crippen LogP contribution in [0, 0.1) is 5.92 Å². The summed E-state index contributed by atoms with van der Waals surface area (Å²) in [5, 5.41) is 3.39. The number of hydrogen-bond donors (Lipinski definition) is 1. The van der Waals surface area contributed by atoms with Crippen LogP contribution in [0.25, 0.3) is 0 Å². The molecule has 2 aliphatic heterocycles. The lowest BCUT2D eigenvalue weighted by Crippen LogP contribution is -2.70. The van der Waals surface area contributed by atoms with Crippen molar-refractivity contribution >= 4 is 35.3 Å². The van der Waals surface area contributed by atoms with E-state index in [0.717, 1.165) is 11.5 Å². The molecule has 2 heterocycles. The maximum atomic E-state index is 12.9. The predicted octanol–water partition coefficient (Wildman–Crippen LogP) is 1.99. The molecule has 0 aromatic heterocycles. The zero-order valence-corrected chi connectivity index (χ0v) is 15.0. The molecule has 6 heteroatoms. The Labute approximate surface area is 136 Å². The zero-order valence-electron chi connectivity index (χ0n) is 13.3. The molecular formula is C15H26N2O2S2. The maximum Gasteiger partial charge on any atom is 0.248 e. The van der Waals surface area contributed by atoms with Crippen molar-refractivity contribution in [2.45, 2.75) is 50.9 Å². The summed E-state index contributed by atoms with van der Waals surface area (Å²) >= 11 is 3.88. The van der Waals surface area contributed by atoms with Crippen LogP contribution >= 0.6 is 23.5 Å². The summed E-state index contributed by atoms with van der Waals surface area (Å²) < 4.78 is 0. The first-order valence-electron chi connectivity index (χ1n) is 7.71. The van der Waals surface area contributed by atoms with Gasteiger partial charge in [0.1, 0.15) is 11.6 Å². The molecule has 0 saturated carbocycles. The smallest absolute Gasteiger partial charge is 0.248 e. The van der Waals surface area contributed by atoms with Gasteiger partial charge >= 0.3 is 0 Å². The highest BCUT2D eigenvalue weighted by atomic mass is 32.2. The summed E-state index contributed by atoms with van der Waals surface area (Å²) in [7, 11) is 0. The van der Waals surface area contributed by atoms with Crippen LogP contribution in [0.15, 0.2) is 0 Å². The normalized spacial score (nSPS) is 34.2. The van der Waals surface area contributed by atoms with Crippen molar-refractivity contribution in [2.75, 3.05) is 23.8 Å². The maximum absolute atomic E-state index is 12.9. The monoisotopic (exact) mass is 330 g/mol. The molecule has 2 rings (SSSR count). The van der Waals surface area contributed by atoms with Crippen LogP contribution in [0.1, 0.15) is 34.1 Å². The number of carbonyl (C=O) groups excluding carboxylic acids is 2. The fourth-order valence-electron chi connectivity index (χ4n) is 2.94. The second kappa shape index (κ2) is 6.82. The van der Waals surface area contributed by atoms with Gasteiger partial charge in [-0.3, -0.25) is 9.59 Å². The van der Waals surface area contributed by atoms with E-state index in [2.05, 4.69) is 5.32 Å². The van der Waals surface area contributed by atoms with Crippen LogP contribution in [-0.4, -0.2) is 57.3 Å². The minimum atomic E-state index is -0.741. The summed E-state index contributed by atoms with van der Waals surface area (Å²) in [6.07, 6.45) is 0.630. The SMILES string of the molecule is CCC1(C)NC(=O)C(C(C)C)N(CC2CSCCS2)C1=O. The Morgan fingerprint density at radius 2 is 2.10 bits per heavy atom. The summed E-state index contributed by atoms with van der Waals surface area (Å²) in [6.45, 7) is 8.53. The molecule has 2 aliphatic rings. The number of piperazine rings is 1. The van der Waals surface area contributed by atoms with Gasteiger partial charge in [0.05, 0.1) is 0 Å². The van der Waals surface area contributed by atoms with Gasteiger partial charge in [-0.2, -0.15) is 23.5 Å². The quantitative estimate of drug-likeness (QED) is 0.856. The lowest BCUT2D eigenvalue weighted by molar-refractivity contribution is -0.156. The van der Waals surface area contributed by atoms with Crippen molar-refractivity contribution in [3.63, 3.8) is 0 Å². The fourth-order valence-corrected chi connectivity index (χ4v) is 5.61. The molecular weight excluding hydrogens is 304 g/mol. The Morgan fingerprint density at radius 1 is 1.38 bits per heavy atom.